The Balaban J connectivity index is 2.49. The van der Waals surface area contributed by atoms with Crippen molar-refractivity contribution in [3.05, 3.63) is 23.5 Å². The average molecular weight is 351 g/mol. The number of unbranched alkanes of at least 4 members (excludes halogenated alkanes) is 7. The molecule has 0 saturated heterocycles. The number of methoxy groups -OCH3 is 2. The van der Waals surface area contributed by atoms with Crippen LogP contribution in [0.3, 0.4) is 0 Å². The number of hydrogen-bond acceptors (Lipinski definition) is 6. The van der Waals surface area contributed by atoms with Gasteiger partial charge in [0.05, 0.1) is 20.8 Å². The molecule has 0 radical (unpaired) electrons. The van der Waals surface area contributed by atoms with E-state index >= 15 is 0 Å². The van der Waals surface area contributed by atoms with Gasteiger partial charge in [0.25, 0.3) is 0 Å². The number of aromatic nitrogens is 1. The first-order chi connectivity index (χ1) is 12.1. The van der Waals surface area contributed by atoms with Crippen LogP contribution in [0.15, 0.2) is 12.3 Å². The summed E-state index contributed by atoms with van der Waals surface area (Å²) in [5.74, 6) is -0.826. The lowest BCUT2D eigenvalue weighted by Crippen LogP contribution is -2.11. The topological polar surface area (TPSA) is 74.7 Å². The van der Waals surface area contributed by atoms with Crippen LogP contribution in [0.5, 0.6) is 5.75 Å². The van der Waals surface area contributed by atoms with Crippen molar-refractivity contribution in [2.24, 2.45) is 0 Å². The fraction of sp³-hybridized carbons (Fsp3) is 0.632. The number of pyridine rings is 1. The zero-order valence-electron chi connectivity index (χ0n) is 15.5. The molecule has 1 rings (SSSR count). The fourth-order valence-electron chi connectivity index (χ4n) is 2.45. The van der Waals surface area contributed by atoms with Crippen molar-refractivity contribution in [3.8, 4) is 5.75 Å². The molecule has 0 aliphatic heterocycles. The molecule has 25 heavy (non-hydrogen) atoms. The molecule has 6 heteroatoms. The Kier molecular flexibility index (Phi) is 10.3. The third-order valence-electron chi connectivity index (χ3n) is 3.92. The van der Waals surface area contributed by atoms with Crippen LogP contribution in [-0.2, 0) is 9.47 Å². The number of ether oxygens (including phenoxy) is 3. The first-order valence-electron chi connectivity index (χ1n) is 8.93. The van der Waals surface area contributed by atoms with Gasteiger partial charge in [-0.1, -0.05) is 51.9 Å². The number of esters is 2. The zero-order valence-corrected chi connectivity index (χ0v) is 15.5. The van der Waals surface area contributed by atoms with Crippen molar-refractivity contribution >= 4 is 11.9 Å². The predicted octanol–water partition coefficient (Wildman–Crippen LogP) is 4.17. The Morgan fingerprint density at radius 1 is 0.920 bits per heavy atom. The summed E-state index contributed by atoms with van der Waals surface area (Å²) < 4.78 is 15.1. The minimum Gasteiger partial charge on any atom is -0.493 e. The van der Waals surface area contributed by atoms with Crippen LogP contribution in [0.4, 0.5) is 0 Å². The predicted molar refractivity (Wildman–Crippen MR) is 95.0 cm³/mol. The highest BCUT2D eigenvalue weighted by Gasteiger charge is 2.18. The molecule has 0 aliphatic carbocycles. The molecule has 0 aromatic carbocycles. The van der Waals surface area contributed by atoms with Gasteiger partial charge in [0, 0.05) is 12.3 Å². The SMILES string of the molecule is CCCCCCCCCCOc1cc(C(=O)OC)ncc1C(=O)OC. The molecule has 1 aromatic heterocycles. The van der Waals surface area contributed by atoms with Crippen molar-refractivity contribution in [2.45, 2.75) is 58.3 Å². The summed E-state index contributed by atoms with van der Waals surface area (Å²) in [4.78, 5) is 27.3. The molecule has 1 heterocycles. The van der Waals surface area contributed by atoms with Gasteiger partial charge >= 0.3 is 11.9 Å². The average Bonchev–Trinajstić information content (AvgIpc) is 2.65. The number of rotatable bonds is 12. The molecule has 6 nitrogen and oxygen atoms in total. The van der Waals surface area contributed by atoms with Crippen molar-refractivity contribution in [1.82, 2.24) is 4.98 Å². The van der Waals surface area contributed by atoms with E-state index in [0.717, 1.165) is 12.8 Å². The van der Waals surface area contributed by atoms with Crippen LogP contribution in [0.2, 0.25) is 0 Å². The maximum atomic E-state index is 11.8. The Morgan fingerprint density at radius 3 is 2.12 bits per heavy atom. The smallest absolute Gasteiger partial charge is 0.356 e. The van der Waals surface area contributed by atoms with Crippen molar-refractivity contribution < 1.29 is 23.8 Å². The quantitative estimate of drug-likeness (QED) is 0.415. The van der Waals surface area contributed by atoms with Crippen molar-refractivity contribution in [2.75, 3.05) is 20.8 Å². The minimum atomic E-state index is -0.576. The molecular formula is C19H29NO5. The van der Waals surface area contributed by atoms with Gasteiger partial charge in [-0.25, -0.2) is 14.6 Å². The van der Waals surface area contributed by atoms with E-state index in [0.29, 0.717) is 12.4 Å². The monoisotopic (exact) mass is 351 g/mol. The van der Waals surface area contributed by atoms with Gasteiger partial charge in [0.1, 0.15) is 11.3 Å². The van der Waals surface area contributed by atoms with Crippen LogP contribution in [0, 0.1) is 0 Å². The number of nitrogens with zero attached hydrogens (tertiary/aromatic N) is 1. The van der Waals surface area contributed by atoms with E-state index in [4.69, 9.17) is 9.47 Å². The van der Waals surface area contributed by atoms with Crippen LogP contribution in [0.25, 0.3) is 0 Å². The minimum absolute atomic E-state index is 0.0982. The van der Waals surface area contributed by atoms with E-state index in [9.17, 15) is 9.59 Å². The van der Waals surface area contributed by atoms with E-state index in [1.165, 1.54) is 65.0 Å². The lowest BCUT2D eigenvalue weighted by molar-refractivity contribution is 0.0577. The van der Waals surface area contributed by atoms with E-state index < -0.39 is 11.9 Å². The normalized spacial score (nSPS) is 10.4. The van der Waals surface area contributed by atoms with Gasteiger partial charge in [-0.05, 0) is 6.42 Å². The lowest BCUT2D eigenvalue weighted by Gasteiger charge is -2.11. The van der Waals surface area contributed by atoms with Gasteiger partial charge < -0.3 is 14.2 Å². The second kappa shape index (κ2) is 12.3. The molecule has 0 saturated carbocycles. The number of carbonyl (C=O) groups excluding carboxylic acids is 2. The highest BCUT2D eigenvalue weighted by molar-refractivity contribution is 5.94. The Hall–Kier alpha value is -2.11. The molecular weight excluding hydrogens is 322 g/mol. The van der Waals surface area contributed by atoms with Gasteiger partial charge in [0.2, 0.25) is 0 Å². The van der Waals surface area contributed by atoms with Crippen molar-refractivity contribution in [3.63, 3.8) is 0 Å². The first kappa shape index (κ1) is 20.9. The summed E-state index contributed by atoms with van der Waals surface area (Å²) in [7, 11) is 2.57. The molecule has 0 atom stereocenters. The highest BCUT2D eigenvalue weighted by Crippen LogP contribution is 2.21. The molecule has 0 bridgehead atoms. The molecule has 0 fully saturated rings. The Morgan fingerprint density at radius 2 is 1.52 bits per heavy atom. The Bertz CT molecular complexity index is 545. The van der Waals surface area contributed by atoms with Crippen LogP contribution in [-0.4, -0.2) is 37.7 Å². The van der Waals surface area contributed by atoms with Gasteiger partial charge in [-0.3, -0.25) is 0 Å². The second-order valence-corrected chi connectivity index (χ2v) is 5.87. The third kappa shape index (κ3) is 7.54. The Labute approximate surface area is 149 Å². The largest absolute Gasteiger partial charge is 0.493 e. The van der Waals surface area contributed by atoms with Gasteiger partial charge in [-0.15, -0.1) is 0 Å². The van der Waals surface area contributed by atoms with E-state index in [-0.39, 0.29) is 11.3 Å². The summed E-state index contributed by atoms with van der Waals surface area (Å²) >= 11 is 0. The van der Waals surface area contributed by atoms with Gasteiger partial charge in [0.15, 0.2) is 5.69 Å². The lowest BCUT2D eigenvalue weighted by atomic mass is 10.1. The van der Waals surface area contributed by atoms with E-state index in [1.54, 1.807) is 0 Å². The standard InChI is InChI=1S/C19H29NO5/c1-4-5-6-7-8-9-10-11-12-25-17-13-16(19(22)24-3)20-14-15(17)18(21)23-2/h13-14H,4-12H2,1-3H3. The maximum absolute atomic E-state index is 11.8. The summed E-state index contributed by atoms with van der Waals surface area (Å²) in [6.45, 7) is 2.69. The van der Waals surface area contributed by atoms with E-state index in [1.807, 2.05) is 0 Å². The number of carbonyl (C=O) groups is 2. The van der Waals surface area contributed by atoms with E-state index in [2.05, 4.69) is 16.6 Å². The fourth-order valence-corrected chi connectivity index (χ4v) is 2.45. The molecule has 140 valence electrons. The van der Waals surface area contributed by atoms with Crippen LogP contribution < -0.4 is 4.74 Å². The highest BCUT2D eigenvalue weighted by atomic mass is 16.5. The maximum Gasteiger partial charge on any atom is 0.356 e. The summed E-state index contributed by atoms with van der Waals surface area (Å²) in [5, 5.41) is 0. The zero-order chi connectivity index (χ0) is 18.5. The van der Waals surface area contributed by atoms with Crippen LogP contribution >= 0.6 is 0 Å². The molecule has 0 amide bonds. The molecule has 0 N–H and O–H groups in total. The molecule has 0 unspecified atom stereocenters. The third-order valence-corrected chi connectivity index (χ3v) is 3.92. The van der Waals surface area contributed by atoms with Crippen LogP contribution in [0.1, 0.15) is 79.1 Å². The molecule has 0 spiro atoms. The molecule has 0 aliphatic rings. The summed E-state index contributed by atoms with van der Waals surface area (Å²) in [5.41, 5.74) is 0.302. The van der Waals surface area contributed by atoms with Gasteiger partial charge in [-0.2, -0.15) is 0 Å². The van der Waals surface area contributed by atoms with Crippen molar-refractivity contribution in [1.29, 1.82) is 0 Å². The second-order valence-electron chi connectivity index (χ2n) is 5.87. The summed E-state index contributed by atoms with van der Waals surface area (Å²) in [6.07, 6.45) is 10.8. The molecule has 1 aromatic rings. The summed E-state index contributed by atoms with van der Waals surface area (Å²) in [6, 6.07) is 1.42. The number of hydrogen-bond donors (Lipinski definition) is 0. The first-order valence-corrected chi connectivity index (χ1v) is 8.93.